The molecule has 1 aromatic rings. The maximum Gasteiger partial charge on any atom is 0.223 e. The first-order chi connectivity index (χ1) is 11.5. The zero-order chi connectivity index (χ0) is 17.5. The number of fused-ring (bicyclic) bond motifs is 1. The predicted octanol–water partition coefficient (Wildman–Crippen LogP) is 2.01. The van der Waals surface area contributed by atoms with Gasteiger partial charge in [-0.1, -0.05) is 39.8 Å². The number of hydrogen-bond acceptors (Lipinski definition) is 4. The van der Waals surface area contributed by atoms with E-state index in [1.807, 2.05) is 13.8 Å². The van der Waals surface area contributed by atoms with E-state index in [1.54, 1.807) is 0 Å². The number of hydrogen-bond donors (Lipinski definition) is 1. The summed E-state index contributed by atoms with van der Waals surface area (Å²) in [6.07, 6.45) is 6.26. The Balaban J connectivity index is 1.91. The van der Waals surface area contributed by atoms with E-state index >= 15 is 0 Å². The summed E-state index contributed by atoms with van der Waals surface area (Å²) in [6.45, 7) is 12.7. The zero-order valence-electron chi connectivity index (χ0n) is 15.5. The minimum atomic E-state index is 0.0414. The van der Waals surface area contributed by atoms with Crippen molar-refractivity contribution < 1.29 is 4.79 Å². The lowest BCUT2D eigenvalue weighted by Crippen LogP contribution is -2.30. The highest BCUT2D eigenvalue weighted by molar-refractivity contribution is 5.78. The molecule has 0 saturated heterocycles. The highest BCUT2D eigenvalue weighted by Gasteiger charge is 2.19. The first kappa shape index (κ1) is 18.6. The first-order valence-corrected chi connectivity index (χ1v) is 9.09. The number of nitrogens with zero attached hydrogens (tertiary/aromatic N) is 4. The van der Waals surface area contributed by atoms with E-state index in [0.29, 0.717) is 12.5 Å². The Morgan fingerprint density at radius 1 is 1.25 bits per heavy atom. The lowest BCUT2D eigenvalue weighted by Gasteiger charge is -2.17. The Bertz CT molecular complexity index is 564. The van der Waals surface area contributed by atoms with Crippen LogP contribution in [0.4, 0.5) is 0 Å². The van der Waals surface area contributed by atoms with Gasteiger partial charge in [-0.3, -0.25) is 9.69 Å². The summed E-state index contributed by atoms with van der Waals surface area (Å²) in [5, 5.41) is 11.6. The molecule has 6 heteroatoms. The molecule has 1 atom stereocenters. The van der Waals surface area contributed by atoms with Gasteiger partial charge < -0.3 is 9.88 Å². The molecule has 1 aliphatic rings. The van der Waals surface area contributed by atoms with E-state index in [0.717, 1.165) is 50.7 Å². The molecule has 1 unspecified atom stereocenters. The van der Waals surface area contributed by atoms with E-state index in [-0.39, 0.29) is 11.8 Å². The van der Waals surface area contributed by atoms with Crippen molar-refractivity contribution in [1.82, 2.24) is 25.0 Å². The van der Waals surface area contributed by atoms with Crippen LogP contribution in [0.5, 0.6) is 0 Å². The molecule has 1 aliphatic heterocycles. The molecule has 0 saturated carbocycles. The van der Waals surface area contributed by atoms with E-state index in [4.69, 9.17) is 0 Å². The van der Waals surface area contributed by atoms with Crippen LogP contribution in [0, 0.1) is 11.8 Å². The molecule has 1 amide bonds. The van der Waals surface area contributed by atoms with Gasteiger partial charge >= 0.3 is 0 Å². The maximum absolute atomic E-state index is 11.9. The molecule has 2 rings (SSSR count). The van der Waals surface area contributed by atoms with Crippen LogP contribution >= 0.6 is 0 Å². The van der Waals surface area contributed by atoms with Crippen molar-refractivity contribution in [2.75, 3.05) is 19.6 Å². The summed E-state index contributed by atoms with van der Waals surface area (Å²) in [7, 11) is 0. The van der Waals surface area contributed by atoms with Crippen molar-refractivity contribution in [2.45, 2.75) is 53.6 Å². The van der Waals surface area contributed by atoms with Gasteiger partial charge in [0.1, 0.15) is 5.82 Å². The number of allylic oxidation sites excluding steroid dienone is 1. The fourth-order valence-electron chi connectivity index (χ4n) is 2.75. The average Bonchev–Trinajstić information content (AvgIpc) is 2.84. The van der Waals surface area contributed by atoms with Gasteiger partial charge in [-0.05, 0) is 12.3 Å². The van der Waals surface area contributed by atoms with E-state index in [9.17, 15) is 4.79 Å². The second kappa shape index (κ2) is 8.97. The summed E-state index contributed by atoms with van der Waals surface area (Å²) in [5.41, 5.74) is 0. The summed E-state index contributed by atoms with van der Waals surface area (Å²) in [6, 6.07) is 0. The number of rotatable bonds is 7. The highest BCUT2D eigenvalue weighted by atomic mass is 16.1. The Kier molecular flexibility index (Phi) is 6.97. The van der Waals surface area contributed by atoms with Gasteiger partial charge in [-0.25, -0.2) is 0 Å². The van der Waals surface area contributed by atoms with Gasteiger partial charge in [-0.2, -0.15) is 0 Å². The molecule has 1 N–H and O–H groups in total. The van der Waals surface area contributed by atoms with Crippen LogP contribution in [0.2, 0.25) is 0 Å². The van der Waals surface area contributed by atoms with Crippen LogP contribution in [-0.4, -0.2) is 45.2 Å². The number of aromatic nitrogens is 3. The van der Waals surface area contributed by atoms with Crippen LogP contribution in [0.25, 0.3) is 0 Å². The number of carbonyl (C=O) groups excluding carboxylic acids is 1. The van der Waals surface area contributed by atoms with Crippen LogP contribution in [-0.2, 0) is 24.3 Å². The van der Waals surface area contributed by atoms with Crippen molar-refractivity contribution in [1.29, 1.82) is 0 Å². The van der Waals surface area contributed by atoms with E-state index in [1.165, 1.54) is 0 Å². The third-order valence-electron chi connectivity index (χ3n) is 4.56. The summed E-state index contributed by atoms with van der Waals surface area (Å²) < 4.78 is 2.17. The molecule has 24 heavy (non-hydrogen) atoms. The summed E-state index contributed by atoms with van der Waals surface area (Å²) in [5.74, 6) is 2.61. The predicted molar refractivity (Wildman–Crippen MR) is 95.4 cm³/mol. The standard InChI is InChI=1S/C18H31N5O/c1-5-15(4)18(24)19-13-17-21-20-16-8-10-22(11-12-23(16)17)9-6-7-14(2)3/h6-7,14-15H,5,8-13H2,1-4H3,(H,19,24)/b7-6+. The second-order valence-electron chi connectivity index (χ2n) is 6.93. The lowest BCUT2D eigenvalue weighted by molar-refractivity contribution is -0.124. The molecule has 0 aromatic carbocycles. The summed E-state index contributed by atoms with van der Waals surface area (Å²) in [4.78, 5) is 14.4. The maximum atomic E-state index is 11.9. The van der Waals surface area contributed by atoms with Gasteiger partial charge in [0.2, 0.25) is 5.91 Å². The van der Waals surface area contributed by atoms with Crippen molar-refractivity contribution in [3.05, 3.63) is 23.8 Å². The van der Waals surface area contributed by atoms with Crippen LogP contribution in [0.1, 0.15) is 45.8 Å². The molecular weight excluding hydrogens is 302 g/mol. The van der Waals surface area contributed by atoms with Gasteiger partial charge in [0.05, 0.1) is 6.54 Å². The molecule has 0 aliphatic carbocycles. The SMILES string of the molecule is CCC(C)C(=O)NCc1nnc2n1CCN(C/C=C/C(C)C)CC2. The normalized spacial score (nSPS) is 17.0. The molecule has 6 nitrogen and oxygen atoms in total. The van der Waals surface area contributed by atoms with E-state index in [2.05, 4.69) is 51.0 Å². The summed E-state index contributed by atoms with van der Waals surface area (Å²) >= 11 is 0. The topological polar surface area (TPSA) is 63.1 Å². The molecule has 0 spiro atoms. The Labute approximate surface area is 145 Å². The smallest absolute Gasteiger partial charge is 0.223 e. The van der Waals surface area contributed by atoms with Crippen LogP contribution < -0.4 is 5.32 Å². The van der Waals surface area contributed by atoms with Crippen molar-refractivity contribution >= 4 is 5.91 Å². The third-order valence-corrected chi connectivity index (χ3v) is 4.56. The number of carbonyl (C=O) groups is 1. The molecule has 0 fully saturated rings. The number of nitrogens with one attached hydrogen (secondary N) is 1. The largest absolute Gasteiger partial charge is 0.349 e. The molecule has 134 valence electrons. The van der Waals surface area contributed by atoms with Gasteiger partial charge in [0.25, 0.3) is 0 Å². The van der Waals surface area contributed by atoms with Crippen molar-refractivity contribution in [3.63, 3.8) is 0 Å². The minimum Gasteiger partial charge on any atom is -0.349 e. The fourth-order valence-corrected chi connectivity index (χ4v) is 2.75. The molecule has 0 bridgehead atoms. The van der Waals surface area contributed by atoms with Gasteiger partial charge in [0, 0.05) is 38.5 Å². The van der Waals surface area contributed by atoms with E-state index < -0.39 is 0 Å². The molecule has 2 heterocycles. The quantitative estimate of drug-likeness (QED) is 0.775. The van der Waals surface area contributed by atoms with Crippen molar-refractivity contribution in [3.8, 4) is 0 Å². The molecule has 0 radical (unpaired) electrons. The Morgan fingerprint density at radius 2 is 2.04 bits per heavy atom. The van der Waals surface area contributed by atoms with Crippen LogP contribution in [0.3, 0.4) is 0 Å². The Morgan fingerprint density at radius 3 is 2.75 bits per heavy atom. The monoisotopic (exact) mass is 333 g/mol. The van der Waals surface area contributed by atoms with Crippen molar-refractivity contribution in [2.24, 2.45) is 11.8 Å². The fraction of sp³-hybridized carbons (Fsp3) is 0.722. The third kappa shape index (κ3) is 5.16. The second-order valence-corrected chi connectivity index (χ2v) is 6.93. The molecule has 1 aromatic heterocycles. The van der Waals surface area contributed by atoms with Crippen LogP contribution in [0.15, 0.2) is 12.2 Å². The van der Waals surface area contributed by atoms with Gasteiger partial charge in [-0.15, -0.1) is 10.2 Å². The van der Waals surface area contributed by atoms with Gasteiger partial charge in [0.15, 0.2) is 5.82 Å². The Hall–Kier alpha value is -1.69. The zero-order valence-corrected chi connectivity index (χ0v) is 15.5. The highest BCUT2D eigenvalue weighted by Crippen LogP contribution is 2.10. The number of amides is 1. The lowest BCUT2D eigenvalue weighted by atomic mass is 10.1. The average molecular weight is 333 g/mol. The minimum absolute atomic E-state index is 0.0414. The molecular formula is C18H31N5O. The first-order valence-electron chi connectivity index (χ1n) is 9.09.